The van der Waals surface area contributed by atoms with Gasteiger partial charge in [-0.15, -0.1) is 23.2 Å². The molecule has 10 atom stereocenters. The standard InChI is InChI=1S/C24H42O5S.C18H28O5S.C14H22OS.C12H18O3S.C11H16OS.C10H14O2S.C7H7Br.C3H7Br.C3H8O2S.CH2Cl2.CH4/c1-23(2,3)21(25)15-27-12-13-29-20(14-28-16-22(26)24(4,5)6)18-30-17-19-10-8-7-9-11-19;1-14-8-10-15(11-9-14)24(19,20)22-13-16(18(2,3)4)23-17-7-5-6-12-21-17;1-3-10-15-14(4-2)12-16-11-13-8-6-5-7-9-13;13-6-7-15-12(8-14)10-16-9-11-4-2-1-3-5-11;1-2-11(12)9-13-8-10-6-4-3-5-7-10;11-6-10(12)8-13-7-9-4-2-1-3-5-9;8-6-7-4-2-1-3-5-7;1-2-3-4;4-1-3(5)2-6;2-1-3;/h7-11,20-22,25-26H,12-18H2,1-6H3;8-11,16-17H,5-7,12-13H2,1-4H3;5-9,14H,3-4,10-12H2,1-2H3;1-5,12-14H,6-10H2;3-7,11-12H,2,8-9H2,1H3;1-5,10-12H,6-8H2;1-5H,6H2;2-3H2,1H3;3-6H,1-2H2;1H2;1H4/p+1/t20?,21-,22+;16-,17?;;;;;;;;;/m11........./s1. The lowest BCUT2D eigenvalue weighted by Gasteiger charge is -2.34. The maximum atomic E-state index is 12.4. The largest absolute Gasteiger partial charge is 1.00 e. The van der Waals surface area contributed by atoms with Crippen molar-refractivity contribution in [3.05, 3.63) is 245 Å². The molecule has 7 aromatic rings. The minimum atomic E-state index is -3.79. The predicted octanol–water partition coefficient (Wildman–Crippen LogP) is 23.0. The van der Waals surface area contributed by atoms with Crippen LogP contribution in [0, 0.1) is 23.2 Å². The number of alkyl halides is 4. The summed E-state index contributed by atoms with van der Waals surface area (Å²) < 4.78 is 69.9. The quantitative estimate of drug-likeness (QED) is 0.00734. The van der Waals surface area contributed by atoms with E-state index in [0.29, 0.717) is 57.3 Å². The van der Waals surface area contributed by atoms with Crippen LogP contribution < -0.4 is 0 Å². The molecule has 8 rings (SSSR count). The van der Waals surface area contributed by atoms with E-state index in [2.05, 4.69) is 156 Å². The third-order valence-electron chi connectivity index (χ3n) is 18.6. The van der Waals surface area contributed by atoms with Crippen molar-refractivity contribution in [1.29, 1.82) is 0 Å². The van der Waals surface area contributed by atoms with Gasteiger partial charge in [-0.1, -0.05) is 329 Å². The summed E-state index contributed by atoms with van der Waals surface area (Å²) in [4.78, 5) is 0.162. The van der Waals surface area contributed by atoms with Gasteiger partial charge in [0.2, 0.25) is 0 Å². The second-order valence-corrected chi connectivity index (χ2v) is 43.1. The molecule has 0 aliphatic carbocycles. The van der Waals surface area contributed by atoms with E-state index in [1.54, 1.807) is 71.3 Å². The van der Waals surface area contributed by atoms with Crippen molar-refractivity contribution < 1.29 is 93.1 Å². The average molecular weight is 2180 g/mol. The van der Waals surface area contributed by atoms with Crippen LogP contribution in [0.3, 0.4) is 0 Å². The monoisotopic (exact) mass is 2170 g/mol. The molecule has 9 N–H and O–H groups in total. The molecule has 19 nitrogen and oxygen atoms in total. The predicted molar refractivity (Wildman–Crippen MR) is 586 cm³/mol. The normalized spacial score (nSPS) is 14.3. The molecule has 0 bridgehead atoms. The number of aliphatic hydroxyl groups is 9. The van der Waals surface area contributed by atoms with E-state index in [4.69, 9.17) is 91.2 Å². The molecule has 0 aromatic heterocycles. The molecule has 0 amide bonds. The summed E-state index contributed by atoms with van der Waals surface area (Å²) in [5, 5.41) is 83.4. The fourth-order valence-corrected chi connectivity index (χ4v) is 16.5. The Kier molecular flexibility index (Phi) is 90.4. The molecule has 7 unspecified atom stereocenters. The summed E-state index contributed by atoms with van der Waals surface area (Å²) in [6.45, 7) is 31.7. The zero-order chi connectivity index (χ0) is 99.7. The van der Waals surface area contributed by atoms with Gasteiger partial charge in [-0.05, 0) is 114 Å². The van der Waals surface area contributed by atoms with Crippen LogP contribution in [0.1, 0.15) is 183 Å². The van der Waals surface area contributed by atoms with Crippen molar-refractivity contribution in [2.24, 2.45) is 16.2 Å². The van der Waals surface area contributed by atoms with Crippen LogP contribution in [0.25, 0.3) is 0 Å². The van der Waals surface area contributed by atoms with E-state index in [1.165, 1.54) is 39.8 Å². The van der Waals surface area contributed by atoms with Crippen molar-refractivity contribution >= 4 is 137 Å². The first-order chi connectivity index (χ1) is 63.6. The van der Waals surface area contributed by atoms with Crippen LogP contribution in [0.5, 0.6) is 0 Å². The average Bonchev–Trinajstić information content (AvgIpc) is 0.829. The number of rotatable bonds is 50. The highest BCUT2D eigenvalue weighted by Crippen LogP contribution is 2.29. The lowest BCUT2D eigenvalue weighted by atomic mass is 9.89. The van der Waals surface area contributed by atoms with Gasteiger partial charge in [-0.3, -0.25) is 4.18 Å². The second-order valence-electron chi connectivity index (χ2n) is 33.8. The number of thiol groups is 1. The Morgan fingerprint density at radius 1 is 0.455 bits per heavy atom. The third-order valence-corrected chi connectivity index (χ3v) is 27.5. The van der Waals surface area contributed by atoms with Gasteiger partial charge in [-0.25, -0.2) is 0 Å². The maximum Gasteiger partial charge on any atom is 1.00 e. The number of benzene rings is 7. The van der Waals surface area contributed by atoms with Gasteiger partial charge in [0.25, 0.3) is 10.1 Å². The van der Waals surface area contributed by atoms with Crippen LogP contribution in [0.15, 0.2) is 211 Å². The van der Waals surface area contributed by atoms with Gasteiger partial charge < -0.3 is 79.1 Å². The summed E-state index contributed by atoms with van der Waals surface area (Å²) in [7, 11) is -3.79. The number of hydrogen-bond donors (Lipinski definition) is 10. The van der Waals surface area contributed by atoms with Crippen LogP contribution in [-0.2, 0) is 81.6 Å². The van der Waals surface area contributed by atoms with Gasteiger partial charge in [-0.2, -0.15) is 79.9 Å². The first-order valence-corrected chi connectivity index (χ1v) is 56.8. The number of ether oxygens (including phenoxy) is 7. The van der Waals surface area contributed by atoms with Crippen LogP contribution in [0.2, 0.25) is 0 Å². The number of halogens is 4. The first kappa shape index (κ1) is 136. The summed E-state index contributed by atoms with van der Waals surface area (Å²) in [6, 6.07) is 68.5. The fraction of sp³-hybridized carbons (Fsp3) is 0.596. The van der Waals surface area contributed by atoms with Gasteiger partial charge in [0, 0.05) is 87.2 Å². The zero-order valence-corrected chi connectivity index (χ0v) is 91.9. The Hall–Kier alpha value is -2.55. The topological polar surface area (TPSA) is 290 Å². The molecular formula is C104H169Br2Cl2O19S7+. The van der Waals surface area contributed by atoms with Gasteiger partial charge >= 0.3 is 1.43 Å². The third kappa shape index (κ3) is 79.0. The second kappa shape index (κ2) is 89.3. The van der Waals surface area contributed by atoms with E-state index in [1.807, 2.05) is 179 Å². The Bertz CT molecular complexity index is 3650. The molecule has 768 valence electrons. The Morgan fingerprint density at radius 3 is 1.16 bits per heavy atom. The van der Waals surface area contributed by atoms with Gasteiger partial charge in [0.15, 0.2) is 6.29 Å². The lowest BCUT2D eigenvalue weighted by Crippen LogP contribution is -2.39. The van der Waals surface area contributed by atoms with Gasteiger partial charge in [0.1, 0.15) is 0 Å². The molecule has 0 radical (unpaired) electrons. The van der Waals surface area contributed by atoms with Crippen molar-refractivity contribution in [1.82, 2.24) is 0 Å². The van der Waals surface area contributed by atoms with E-state index < -0.39 is 34.5 Å². The Balaban J connectivity index is -0.000000742. The van der Waals surface area contributed by atoms with Crippen LogP contribution in [-0.4, -0.2) is 247 Å². The number of aryl methyl sites for hydroxylation is 1. The minimum Gasteiger partial charge on any atom is -0.394 e. The molecule has 0 saturated carbocycles. The molecule has 1 heterocycles. The number of hydrogen-bond acceptors (Lipinski definition) is 25. The molecule has 7 aromatic carbocycles. The maximum absolute atomic E-state index is 12.4. The Labute approximate surface area is 864 Å². The van der Waals surface area contributed by atoms with Crippen molar-refractivity contribution in [2.45, 2.75) is 250 Å². The van der Waals surface area contributed by atoms with Crippen molar-refractivity contribution in [3.8, 4) is 0 Å². The SMILES string of the molecule is BrCc1ccccc1.C.CC(C)(C)[C@H](O)COCCOC(COC[C@H](O)C(C)(C)C)CSCc1ccccc1.CCC(O)CSCc1ccccc1.CCCBr.CCCOC(CC)CSCc1ccccc1.Cc1ccc(S(=O)(=O)OC[C@@H](OC2CCCCO2)C(C)(C)C)cc1.ClCCl.OCC(O)CS.OCC(O)CSCc1ccccc1.OCCOC(CO)CSCc1ccccc1.[H+]. The molecule has 134 heavy (non-hydrogen) atoms. The summed E-state index contributed by atoms with van der Waals surface area (Å²) in [6.07, 6.45) is 4.35. The molecule has 1 aliphatic rings. The summed E-state index contributed by atoms with van der Waals surface area (Å²) in [5.41, 5.74) is 8.19. The number of aliphatic hydroxyl groups excluding tert-OH is 9. The molecule has 1 saturated heterocycles. The molecule has 1 aliphatic heterocycles. The summed E-state index contributed by atoms with van der Waals surface area (Å²) >= 11 is 28.7. The molecule has 30 heteroatoms. The molecule has 0 spiro atoms. The smallest absolute Gasteiger partial charge is 0.394 e. The highest BCUT2D eigenvalue weighted by molar-refractivity contribution is 9.09. The fourth-order valence-electron chi connectivity index (χ4n) is 10.0. The lowest BCUT2D eigenvalue weighted by molar-refractivity contribution is -0.212. The van der Waals surface area contributed by atoms with E-state index in [0.717, 1.165) is 113 Å². The van der Waals surface area contributed by atoms with E-state index >= 15 is 0 Å². The van der Waals surface area contributed by atoms with Crippen LogP contribution >= 0.6 is 126 Å². The molecule has 1 fully saturated rings. The minimum absolute atomic E-state index is 0. The highest BCUT2D eigenvalue weighted by Gasteiger charge is 2.32. The van der Waals surface area contributed by atoms with E-state index in [-0.39, 0.29) is 106 Å². The van der Waals surface area contributed by atoms with Crippen molar-refractivity contribution in [2.75, 3.05) is 131 Å². The summed E-state index contributed by atoms with van der Waals surface area (Å²) in [5.74, 6) is 9.21. The first-order valence-electron chi connectivity index (χ1n) is 45.7. The van der Waals surface area contributed by atoms with Gasteiger partial charge in [0.05, 0.1) is 138 Å². The van der Waals surface area contributed by atoms with Crippen LogP contribution in [0.4, 0.5) is 0 Å². The zero-order valence-electron chi connectivity index (χ0n) is 82.5. The van der Waals surface area contributed by atoms with E-state index in [9.17, 15) is 23.7 Å². The molecular weight excluding hydrogens is 2010 g/mol. The highest BCUT2D eigenvalue weighted by atomic mass is 79.9. The number of thioether (sulfide) groups is 5. The Morgan fingerprint density at radius 2 is 0.836 bits per heavy atom. The van der Waals surface area contributed by atoms with Crippen molar-refractivity contribution in [3.63, 3.8) is 0 Å².